The number of amides is 1. The van der Waals surface area contributed by atoms with E-state index in [1.807, 2.05) is 30.3 Å². The predicted molar refractivity (Wildman–Crippen MR) is 78.4 cm³/mol. The van der Waals surface area contributed by atoms with Gasteiger partial charge >= 0.3 is 0 Å². The van der Waals surface area contributed by atoms with Crippen LogP contribution in [0.2, 0.25) is 0 Å². The van der Waals surface area contributed by atoms with E-state index in [4.69, 9.17) is 5.11 Å². The van der Waals surface area contributed by atoms with Crippen LogP contribution in [0.5, 0.6) is 0 Å². The highest BCUT2D eigenvalue weighted by atomic mass is 16.3. The van der Waals surface area contributed by atoms with Crippen LogP contribution in [-0.4, -0.2) is 33.8 Å². The van der Waals surface area contributed by atoms with E-state index < -0.39 is 12.5 Å². The van der Waals surface area contributed by atoms with Gasteiger partial charge < -0.3 is 15.5 Å². The summed E-state index contributed by atoms with van der Waals surface area (Å²) < 4.78 is 0. The van der Waals surface area contributed by atoms with Crippen LogP contribution in [-0.2, 0) is 4.79 Å². The average molecular weight is 286 g/mol. The molecule has 1 atom stereocenters. The lowest BCUT2D eigenvalue weighted by Gasteiger charge is -2.38. The molecule has 1 aliphatic carbocycles. The molecule has 1 fully saturated rings. The van der Waals surface area contributed by atoms with Crippen molar-refractivity contribution in [2.24, 2.45) is 5.92 Å². The van der Waals surface area contributed by atoms with Gasteiger partial charge in [-0.15, -0.1) is 0 Å². The Bertz CT molecular complexity index is 653. The molecule has 110 valence electrons. The molecule has 0 aliphatic heterocycles. The number of rotatable bonds is 4. The SMILES string of the molecule is O=C(CO)N[C@@H](c1cnc2ccccc2c1)C1CC(O)C1. The van der Waals surface area contributed by atoms with Crippen molar-refractivity contribution in [2.45, 2.75) is 25.0 Å². The molecule has 0 spiro atoms. The highest BCUT2D eigenvalue weighted by Gasteiger charge is 2.35. The lowest BCUT2D eigenvalue weighted by Crippen LogP contribution is -2.42. The van der Waals surface area contributed by atoms with Crippen molar-refractivity contribution in [2.75, 3.05) is 6.61 Å². The second-order valence-electron chi connectivity index (χ2n) is 5.55. The zero-order valence-corrected chi connectivity index (χ0v) is 11.6. The molecule has 5 heteroatoms. The third kappa shape index (κ3) is 2.89. The summed E-state index contributed by atoms with van der Waals surface area (Å²) in [4.78, 5) is 16.0. The van der Waals surface area contributed by atoms with Crippen LogP contribution in [0.3, 0.4) is 0 Å². The number of hydrogen-bond donors (Lipinski definition) is 3. The standard InChI is InChI=1S/C16H18N2O3/c19-9-15(21)18-16(11-6-13(20)7-11)12-5-10-3-1-2-4-14(10)17-8-12/h1-5,8,11,13,16,19-20H,6-7,9H2,(H,18,21)/t11?,13?,16-/m1/s1. The third-order valence-corrected chi connectivity index (χ3v) is 4.05. The Morgan fingerprint density at radius 2 is 2.14 bits per heavy atom. The minimum absolute atomic E-state index is 0.179. The van der Waals surface area contributed by atoms with Gasteiger partial charge in [0.15, 0.2) is 0 Å². The summed E-state index contributed by atoms with van der Waals surface area (Å²) in [7, 11) is 0. The summed E-state index contributed by atoms with van der Waals surface area (Å²) in [6, 6.07) is 9.59. The van der Waals surface area contributed by atoms with Crippen molar-refractivity contribution >= 4 is 16.8 Å². The lowest BCUT2D eigenvalue weighted by atomic mass is 9.75. The van der Waals surface area contributed by atoms with Crippen molar-refractivity contribution in [1.29, 1.82) is 0 Å². The first-order valence-electron chi connectivity index (χ1n) is 7.10. The maximum atomic E-state index is 11.5. The minimum atomic E-state index is -0.535. The molecule has 5 nitrogen and oxygen atoms in total. The second-order valence-corrected chi connectivity index (χ2v) is 5.55. The zero-order valence-electron chi connectivity index (χ0n) is 11.6. The van der Waals surface area contributed by atoms with Gasteiger partial charge in [0.25, 0.3) is 0 Å². The summed E-state index contributed by atoms with van der Waals surface area (Å²) in [5.74, 6) is -0.229. The molecule has 0 radical (unpaired) electrons. The number of aromatic nitrogens is 1. The van der Waals surface area contributed by atoms with Crippen LogP contribution in [0.1, 0.15) is 24.4 Å². The molecule has 3 rings (SSSR count). The van der Waals surface area contributed by atoms with E-state index in [0.717, 1.165) is 16.5 Å². The number of carbonyl (C=O) groups is 1. The molecule has 1 aromatic carbocycles. The van der Waals surface area contributed by atoms with Gasteiger partial charge in [-0.25, -0.2) is 0 Å². The van der Waals surface area contributed by atoms with E-state index in [1.165, 1.54) is 0 Å². The Hall–Kier alpha value is -1.98. The number of hydrogen-bond acceptors (Lipinski definition) is 4. The summed E-state index contributed by atoms with van der Waals surface area (Å²) in [5, 5.41) is 22.3. The number of pyridine rings is 1. The van der Waals surface area contributed by atoms with E-state index in [0.29, 0.717) is 12.8 Å². The second kappa shape index (κ2) is 5.79. The number of nitrogens with one attached hydrogen (secondary N) is 1. The van der Waals surface area contributed by atoms with Crippen LogP contribution in [0.4, 0.5) is 0 Å². The minimum Gasteiger partial charge on any atom is -0.393 e. The fourth-order valence-corrected chi connectivity index (χ4v) is 2.85. The molecule has 1 aromatic heterocycles. The number of para-hydroxylation sites is 1. The molecule has 0 saturated heterocycles. The number of aliphatic hydroxyl groups is 2. The van der Waals surface area contributed by atoms with Crippen molar-refractivity contribution in [3.8, 4) is 0 Å². The number of aliphatic hydroxyl groups excluding tert-OH is 2. The van der Waals surface area contributed by atoms with E-state index in [-0.39, 0.29) is 18.1 Å². The van der Waals surface area contributed by atoms with Crippen molar-refractivity contribution in [1.82, 2.24) is 10.3 Å². The first kappa shape index (κ1) is 14.0. The predicted octanol–water partition coefficient (Wildman–Crippen LogP) is 1.16. The van der Waals surface area contributed by atoms with Crippen LogP contribution < -0.4 is 5.32 Å². The summed E-state index contributed by atoms with van der Waals surface area (Å²) in [6.07, 6.45) is 2.78. The monoisotopic (exact) mass is 286 g/mol. The molecule has 0 bridgehead atoms. The number of carbonyl (C=O) groups excluding carboxylic acids is 1. The van der Waals surface area contributed by atoms with Crippen LogP contribution >= 0.6 is 0 Å². The van der Waals surface area contributed by atoms with Gasteiger partial charge in [0.05, 0.1) is 17.7 Å². The van der Waals surface area contributed by atoms with Crippen molar-refractivity contribution in [3.05, 3.63) is 42.1 Å². The Labute approximate surface area is 122 Å². The van der Waals surface area contributed by atoms with E-state index in [9.17, 15) is 9.90 Å². The average Bonchev–Trinajstić information content (AvgIpc) is 2.49. The first-order chi connectivity index (χ1) is 10.2. The summed E-state index contributed by atoms with van der Waals surface area (Å²) >= 11 is 0. The molecule has 1 saturated carbocycles. The van der Waals surface area contributed by atoms with Gasteiger partial charge in [-0.05, 0) is 36.5 Å². The summed E-state index contributed by atoms with van der Waals surface area (Å²) in [6.45, 7) is -0.535. The van der Waals surface area contributed by atoms with E-state index >= 15 is 0 Å². The number of fused-ring (bicyclic) bond motifs is 1. The highest BCUT2D eigenvalue weighted by molar-refractivity contribution is 5.80. The molecular formula is C16H18N2O3. The Kier molecular flexibility index (Phi) is 3.86. The molecule has 3 N–H and O–H groups in total. The van der Waals surface area contributed by atoms with Gasteiger partial charge in [0.1, 0.15) is 6.61 Å². The maximum absolute atomic E-state index is 11.5. The van der Waals surface area contributed by atoms with Gasteiger partial charge in [-0.3, -0.25) is 9.78 Å². The topological polar surface area (TPSA) is 82.5 Å². The largest absolute Gasteiger partial charge is 0.393 e. The number of nitrogens with zero attached hydrogens (tertiary/aromatic N) is 1. The van der Waals surface area contributed by atoms with Gasteiger partial charge in [-0.1, -0.05) is 18.2 Å². The first-order valence-corrected chi connectivity index (χ1v) is 7.10. The van der Waals surface area contributed by atoms with Crippen LogP contribution in [0.25, 0.3) is 10.9 Å². The van der Waals surface area contributed by atoms with Gasteiger partial charge in [0, 0.05) is 11.6 Å². The molecule has 0 unspecified atom stereocenters. The zero-order chi connectivity index (χ0) is 14.8. The fraction of sp³-hybridized carbons (Fsp3) is 0.375. The molecule has 1 heterocycles. The van der Waals surface area contributed by atoms with Crippen LogP contribution in [0, 0.1) is 5.92 Å². The molecule has 2 aromatic rings. The van der Waals surface area contributed by atoms with Crippen molar-refractivity contribution < 1.29 is 15.0 Å². The Morgan fingerprint density at radius 3 is 2.86 bits per heavy atom. The maximum Gasteiger partial charge on any atom is 0.246 e. The Morgan fingerprint density at radius 1 is 1.38 bits per heavy atom. The van der Waals surface area contributed by atoms with Gasteiger partial charge in [0.2, 0.25) is 5.91 Å². The van der Waals surface area contributed by atoms with E-state index in [2.05, 4.69) is 10.3 Å². The highest BCUT2D eigenvalue weighted by Crippen LogP contribution is 2.38. The molecular weight excluding hydrogens is 268 g/mol. The molecule has 21 heavy (non-hydrogen) atoms. The number of benzene rings is 1. The van der Waals surface area contributed by atoms with E-state index in [1.54, 1.807) is 6.20 Å². The quantitative estimate of drug-likeness (QED) is 0.787. The fourth-order valence-electron chi connectivity index (χ4n) is 2.85. The molecule has 1 aliphatic rings. The lowest BCUT2D eigenvalue weighted by molar-refractivity contribution is -0.125. The summed E-state index contributed by atoms with van der Waals surface area (Å²) in [5.41, 5.74) is 1.81. The van der Waals surface area contributed by atoms with Gasteiger partial charge in [-0.2, -0.15) is 0 Å². The van der Waals surface area contributed by atoms with Crippen LogP contribution in [0.15, 0.2) is 36.5 Å². The molecule has 1 amide bonds. The third-order valence-electron chi connectivity index (χ3n) is 4.05. The Balaban J connectivity index is 1.91. The normalized spacial score (nSPS) is 22.6. The van der Waals surface area contributed by atoms with Crippen molar-refractivity contribution in [3.63, 3.8) is 0 Å². The smallest absolute Gasteiger partial charge is 0.246 e.